The molecule has 0 aliphatic carbocycles. The maximum absolute atomic E-state index is 11.3. The first-order valence-electron chi connectivity index (χ1n) is 5.44. The van der Waals surface area contributed by atoms with Crippen molar-refractivity contribution in [3.8, 4) is 0 Å². The van der Waals surface area contributed by atoms with Crippen LogP contribution in [0.4, 0.5) is 0 Å². The van der Waals surface area contributed by atoms with Crippen LogP contribution in [0.25, 0.3) is 0 Å². The van der Waals surface area contributed by atoms with E-state index in [1.54, 1.807) is 11.8 Å². The number of hydrogen-bond donors (Lipinski definition) is 2. The highest BCUT2D eigenvalue weighted by molar-refractivity contribution is 7.99. The average Bonchev–Trinajstić information content (AvgIpc) is 2.07. The van der Waals surface area contributed by atoms with Gasteiger partial charge < -0.3 is 11.1 Å². The number of nitrogens with two attached hydrogens (primary N) is 1. The SMILES string of the molecule is CC(C)CCSCC(=O)NCC(C)(C)N. The van der Waals surface area contributed by atoms with Gasteiger partial charge >= 0.3 is 0 Å². The molecular formula is C11H24N2OS. The Labute approximate surface area is 97.6 Å². The fourth-order valence-electron chi connectivity index (χ4n) is 0.861. The topological polar surface area (TPSA) is 55.1 Å². The molecule has 0 saturated heterocycles. The van der Waals surface area contributed by atoms with E-state index in [1.165, 1.54) is 6.42 Å². The Morgan fingerprint density at radius 1 is 1.47 bits per heavy atom. The predicted molar refractivity (Wildman–Crippen MR) is 68.1 cm³/mol. The van der Waals surface area contributed by atoms with E-state index in [2.05, 4.69) is 19.2 Å². The summed E-state index contributed by atoms with van der Waals surface area (Å²) in [5.74, 6) is 2.39. The lowest BCUT2D eigenvalue weighted by Gasteiger charge is -2.18. The first-order chi connectivity index (χ1) is 6.81. The number of nitrogens with one attached hydrogen (secondary N) is 1. The van der Waals surface area contributed by atoms with Crippen LogP contribution in [0, 0.1) is 5.92 Å². The zero-order valence-corrected chi connectivity index (χ0v) is 11.1. The second-order valence-electron chi connectivity index (χ2n) is 5.00. The zero-order chi connectivity index (χ0) is 11.9. The minimum absolute atomic E-state index is 0.0854. The van der Waals surface area contributed by atoms with Crippen molar-refractivity contribution in [1.82, 2.24) is 5.32 Å². The van der Waals surface area contributed by atoms with Gasteiger partial charge in [0.05, 0.1) is 5.75 Å². The zero-order valence-electron chi connectivity index (χ0n) is 10.3. The van der Waals surface area contributed by atoms with E-state index in [-0.39, 0.29) is 11.4 Å². The molecule has 0 rings (SSSR count). The Balaban J connectivity index is 3.42. The quantitative estimate of drug-likeness (QED) is 0.656. The van der Waals surface area contributed by atoms with Crippen LogP contribution in [0.5, 0.6) is 0 Å². The van der Waals surface area contributed by atoms with Gasteiger partial charge in [-0.3, -0.25) is 4.79 Å². The molecule has 0 aromatic rings. The molecule has 0 spiro atoms. The Hall–Kier alpha value is -0.220. The fraction of sp³-hybridized carbons (Fsp3) is 0.909. The Bertz CT molecular complexity index is 188. The first-order valence-corrected chi connectivity index (χ1v) is 6.60. The van der Waals surface area contributed by atoms with Crippen molar-refractivity contribution < 1.29 is 4.79 Å². The number of thioether (sulfide) groups is 1. The molecule has 0 bridgehead atoms. The Kier molecular flexibility index (Phi) is 7.02. The van der Waals surface area contributed by atoms with Crippen LogP contribution in [0.2, 0.25) is 0 Å². The van der Waals surface area contributed by atoms with E-state index in [0.29, 0.717) is 18.2 Å². The van der Waals surface area contributed by atoms with Crippen molar-refractivity contribution in [2.75, 3.05) is 18.1 Å². The van der Waals surface area contributed by atoms with Crippen LogP contribution in [0.3, 0.4) is 0 Å². The van der Waals surface area contributed by atoms with Gasteiger partial charge in [-0.05, 0) is 31.9 Å². The molecule has 3 nitrogen and oxygen atoms in total. The molecular weight excluding hydrogens is 208 g/mol. The lowest BCUT2D eigenvalue weighted by atomic mass is 10.1. The van der Waals surface area contributed by atoms with Crippen LogP contribution in [-0.4, -0.2) is 29.5 Å². The van der Waals surface area contributed by atoms with E-state index in [0.717, 1.165) is 5.75 Å². The minimum Gasteiger partial charge on any atom is -0.354 e. The molecule has 3 N–H and O–H groups in total. The third kappa shape index (κ3) is 11.7. The van der Waals surface area contributed by atoms with Crippen molar-refractivity contribution in [1.29, 1.82) is 0 Å². The van der Waals surface area contributed by atoms with Gasteiger partial charge in [0.1, 0.15) is 0 Å². The van der Waals surface area contributed by atoms with E-state index in [4.69, 9.17) is 5.73 Å². The number of rotatable bonds is 7. The third-order valence-electron chi connectivity index (χ3n) is 1.81. The van der Waals surface area contributed by atoms with Crippen molar-refractivity contribution in [3.05, 3.63) is 0 Å². The van der Waals surface area contributed by atoms with E-state index < -0.39 is 0 Å². The minimum atomic E-state index is -0.321. The van der Waals surface area contributed by atoms with Gasteiger partial charge in [-0.25, -0.2) is 0 Å². The lowest BCUT2D eigenvalue weighted by molar-refractivity contribution is -0.118. The van der Waals surface area contributed by atoms with E-state index in [1.807, 2.05) is 13.8 Å². The fourth-order valence-corrected chi connectivity index (χ4v) is 1.93. The maximum atomic E-state index is 11.3. The van der Waals surface area contributed by atoms with Crippen molar-refractivity contribution in [3.63, 3.8) is 0 Å². The number of amides is 1. The van der Waals surface area contributed by atoms with Gasteiger partial charge in [-0.2, -0.15) is 11.8 Å². The second kappa shape index (κ2) is 7.12. The monoisotopic (exact) mass is 232 g/mol. The largest absolute Gasteiger partial charge is 0.354 e. The molecule has 0 saturated carbocycles. The van der Waals surface area contributed by atoms with Crippen molar-refractivity contribution in [2.45, 2.75) is 39.7 Å². The molecule has 4 heteroatoms. The number of hydrogen-bond acceptors (Lipinski definition) is 3. The summed E-state index contributed by atoms with van der Waals surface area (Å²) in [6, 6.07) is 0. The van der Waals surface area contributed by atoms with Crippen molar-refractivity contribution in [2.24, 2.45) is 11.7 Å². The lowest BCUT2D eigenvalue weighted by Crippen LogP contribution is -2.45. The van der Waals surface area contributed by atoms with Gasteiger partial charge in [0.25, 0.3) is 0 Å². The molecule has 1 amide bonds. The smallest absolute Gasteiger partial charge is 0.230 e. The molecule has 0 aromatic carbocycles. The molecule has 0 aliphatic rings. The summed E-state index contributed by atoms with van der Waals surface area (Å²) in [4.78, 5) is 11.3. The number of carbonyl (C=O) groups excluding carboxylic acids is 1. The summed E-state index contributed by atoms with van der Waals surface area (Å²) in [6.45, 7) is 8.73. The normalized spacial score (nSPS) is 11.9. The van der Waals surface area contributed by atoms with Gasteiger partial charge in [0.15, 0.2) is 0 Å². The second-order valence-corrected chi connectivity index (χ2v) is 6.11. The summed E-state index contributed by atoms with van der Waals surface area (Å²) >= 11 is 1.69. The molecule has 0 heterocycles. The predicted octanol–water partition coefficient (Wildman–Crippen LogP) is 1.62. The summed E-state index contributed by atoms with van der Waals surface area (Å²) in [5.41, 5.74) is 5.44. The van der Waals surface area contributed by atoms with E-state index >= 15 is 0 Å². The van der Waals surface area contributed by atoms with Crippen LogP contribution >= 0.6 is 11.8 Å². The molecule has 0 aromatic heterocycles. The van der Waals surface area contributed by atoms with Crippen LogP contribution in [0.1, 0.15) is 34.1 Å². The van der Waals surface area contributed by atoms with Gasteiger partial charge in [-0.1, -0.05) is 13.8 Å². The highest BCUT2D eigenvalue weighted by Crippen LogP contribution is 2.08. The molecule has 0 aliphatic heterocycles. The molecule has 0 fully saturated rings. The number of carbonyl (C=O) groups is 1. The van der Waals surface area contributed by atoms with Crippen LogP contribution < -0.4 is 11.1 Å². The molecule has 0 unspecified atom stereocenters. The standard InChI is InChI=1S/C11H24N2OS/c1-9(2)5-6-15-7-10(14)13-8-11(3,4)12/h9H,5-8,12H2,1-4H3,(H,13,14). The summed E-state index contributed by atoms with van der Waals surface area (Å²) < 4.78 is 0. The molecule has 0 radical (unpaired) electrons. The maximum Gasteiger partial charge on any atom is 0.230 e. The van der Waals surface area contributed by atoms with E-state index in [9.17, 15) is 4.79 Å². The van der Waals surface area contributed by atoms with Gasteiger partial charge in [0.2, 0.25) is 5.91 Å². The molecule has 90 valence electrons. The van der Waals surface area contributed by atoms with Crippen molar-refractivity contribution >= 4 is 17.7 Å². The molecule has 15 heavy (non-hydrogen) atoms. The molecule has 0 atom stereocenters. The average molecular weight is 232 g/mol. The first kappa shape index (κ1) is 14.8. The summed E-state index contributed by atoms with van der Waals surface area (Å²) in [6.07, 6.45) is 1.17. The summed E-state index contributed by atoms with van der Waals surface area (Å²) in [5, 5.41) is 2.83. The highest BCUT2D eigenvalue weighted by Gasteiger charge is 2.11. The van der Waals surface area contributed by atoms with Gasteiger partial charge in [0, 0.05) is 12.1 Å². The van der Waals surface area contributed by atoms with Crippen LogP contribution in [0.15, 0.2) is 0 Å². The van der Waals surface area contributed by atoms with Crippen LogP contribution in [-0.2, 0) is 4.79 Å². The Morgan fingerprint density at radius 3 is 2.53 bits per heavy atom. The van der Waals surface area contributed by atoms with Gasteiger partial charge in [-0.15, -0.1) is 0 Å². The highest BCUT2D eigenvalue weighted by atomic mass is 32.2. The Morgan fingerprint density at radius 2 is 2.07 bits per heavy atom. The third-order valence-corrected chi connectivity index (χ3v) is 2.80. The summed E-state index contributed by atoms with van der Waals surface area (Å²) in [7, 11) is 0.